The molecule has 1 aliphatic rings. The summed E-state index contributed by atoms with van der Waals surface area (Å²) >= 11 is 0. The number of benzene rings is 2. The Morgan fingerprint density at radius 1 is 0.950 bits per heavy atom. The second-order valence-corrected chi connectivity index (χ2v) is 5.07. The largest absolute Gasteiger partial charge is 0.352 e. The molecule has 0 saturated heterocycles. The monoisotopic (exact) mass is 262 g/mol. The molecule has 2 aromatic carbocycles. The van der Waals surface area contributed by atoms with E-state index in [-0.39, 0.29) is 0 Å². The van der Waals surface area contributed by atoms with Crippen LogP contribution in [0.15, 0.2) is 60.7 Å². The molecule has 0 unspecified atom stereocenters. The van der Waals surface area contributed by atoms with Gasteiger partial charge >= 0.3 is 0 Å². The molecule has 0 fully saturated rings. The number of rotatable bonds is 2. The number of amidine groups is 1. The molecule has 1 aliphatic heterocycles. The van der Waals surface area contributed by atoms with Crippen LogP contribution in [0.3, 0.4) is 0 Å². The second-order valence-electron chi connectivity index (χ2n) is 5.07. The Hall–Kier alpha value is -2.35. The lowest BCUT2D eigenvalue weighted by atomic mass is 10.00. The Bertz CT molecular complexity index is 629. The summed E-state index contributed by atoms with van der Waals surface area (Å²) in [7, 11) is 0. The van der Waals surface area contributed by atoms with Gasteiger partial charge in [-0.1, -0.05) is 60.7 Å². The van der Waals surface area contributed by atoms with Gasteiger partial charge in [0, 0.05) is 13.1 Å². The molecular weight excluding hydrogens is 244 g/mol. The zero-order chi connectivity index (χ0) is 13.8. The zero-order valence-corrected chi connectivity index (χ0v) is 11.4. The highest BCUT2D eigenvalue weighted by Crippen LogP contribution is 2.18. The molecule has 0 spiro atoms. The van der Waals surface area contributed by atoms with Crippen molar-refractivity contribution in [3.63, 3.8) is 0 Å². The van der Waals surface area contributed by atoms with Crippen molar-refractivity contribution < 1.29 is 0 Å². The molecule has 2 nitrogen and oxygen atoms in total. The molecule has 2 heteroatoms. The lowest BCUT2D eigenvalue weighted by Crippen LogP contribution is -2.34. The maximum atomic E-state index is 8.21. The first-order valence-electron chi connectivity index (χ1n) is 6.96. The molecule has 0 aliphatic carbocycles. The van der Waals surface area contributed by atoms with E-state index in [0.29, 0.717) is 5.84 Å². The minimum Gasteiger partial charge on any atom is -0.352 e. The number of hydrogen-bond donors (Lipinski definition) is 1. The van der Waals surface area contributed by atoms with Gasteiger partial charge in [0.2, 0.25) is 0 Å². The Morgan fingerprint density at radius 2 is 1.65 bits per heavy atom. The molecule has 0 saturated carbocycles. The minimum atomic E-state index is 0.586. The van der Waals surface area contributed by atoms with Crippen LogP contribution in [-0.2, 0) is 13.0 Å². The van der Waals surface area contributed by atoms with Gasteiger partial charge < -0.3 is 4.90 Å². The van der Waals surface area contributed by atoms with Crippen LogP contribution in [0.25, 0.3) is 6.08 Å². The van der Waals surface area contributed by atoms with E-state index in [2.05, 4.69) is 41.3 Å². The van der Waals surface area contributed by atoms with Crippen LogP contribution in [0.2, 0.25) is 0 Å². The van der Waals surface area contributed by atoms with Gasteiger partial charge in [0.1, 0.15) is 5.84 Å². The van der Waals surface area contributed by atoms with Crippen LogP contribution in [0.1, 0.15) is 16.7 Å². The molecular formula is C18H18N2. The highest BCUT2D eigenvalue weighted by atomic mass is 15.2. The number of hydrogen-bond acceptors (Lipinski definition) is 1. The highest BCUT2D eigenvalue weighted by Gasteiger charge is 2.16. The van der Waals surface area contributed by atoms with E-state index < -0.39 is 0 Å². The van der Waals surface area contributed by atoms with E-state index in [9.17, 15) is 0 Å². The SMILES string of the molecule is N=C(/C=C/c1ccccc1)N1CCc2ccccc2C1. The summed E-state index contributed by atoms with van der Waals surface area (Å²) in [5, 5.41) is 8.21. The van der Waals surface area contributed by atoms with E-state index in [4.69, 9.17) is 5.41 Å². The molecule has 1 N–H and O–H groups in total. The third kappa shape index (κ3) is 2.80. The molecule has 0 atom stereocenters. The predicted octanol–water partition coefficient (Wildman–Crippen LogP) is 3.74. The first-order chi connectivity index (χ1) is 9.83. The van der Waals surface area contributed by atoms with E-state index in [1.165, 1.54) is 11.1 Å². The molecule has 20 heavy (non-hydrogen) atoms. The molecule has 1 heterocycles. The minimum absolute atomic E-state index is 0.586. The Balaban J connectivity index is 1.69. The van der Waals surface area contributed by atoms with Crippen molar-refractivity contribution >= 4 is 11.9 Å². The summed E-state index contributed by atoms with van der Waals surface area (Å²) in [6.07, 6.45) is 4.92. The lowest BCUT2D eigenvalue weighted by molar-refractivity contribution is 0.394. The Kier molecular flexibility index (Phi) is 3.64. The van der Waals surface area contributed by atoms with Crippen LogP contribution in [-0.4, -0.2) is 17.3 Å². The van der Waals surface area contributed by atoms with E-state index >= 15 is 0 Å². The Labute approximate surface area is 119 Å². The van der Waals surface area contributed by atoms with Crippen LogP contribution < -0.4 is 0 Å². The molecule has 0 aromatic heterocycles. The smallest absolute Gasteiger partial charge is 0.120 e. The fraction of sp³-hybridized carbons (Fsp3) is 0.167. The molecule has 0 bridgehead atoms. The van der Waals surface area contributed by atoms with Gasteiger partial charge in [0.05, 0.1) is 0 Å². The topological polar surface area (TPSA) is 27.1 Å². The third-order valence-electron chi connectivity index (χ3n) is 3.70. The van der Waals surface area contributed by atoms with Crippen molar-refractivity contribution in [3.05, 3.63) is 77.4 Å². The summed E-state index contributed by atoms with van der Waals surface area (Å²) in [5.74, 6) is 0.586. The molecule has 0 radical (unpaired) electrons. The fourth-order valence-corrected chi connectivity index (χ4v) is 2.55. The van der Waals surface area contributed by atoms with Crippen molar-refractivity contribution in [3.8, 4) is 0 Å². The van der Waals surface area contributed by atoms with Crippen LogP contribution in [0.4, 0.5) is 0 Å². The Morgan fingerprint density at radius 3 is 2.45 bits per heavy atom. The van der Waals surface area contributed by atoms with Gasteiger partial charge in [0.25, 0.3) is 0 Å². The summed E-state index contributed by atoms with van der Waals surface area (Å²) in [6.45, 7) is 1.77. The van der Waals surface area contributed by atoms with Crippen LogP contribution in [0, 0.1) is 5.41 Å². The van der Waals surface area contributed by atoms with Gasteiger partial charge in [-0.05, 0) is 29.2 Å². The van der Waals surface area contributed by atoms with Crippen molar-refractivity contribution in [2.24, 2.45) is 0 Å². The van der Waals surface area contributed by atoms with E-state index in [1.807, 2.05) is 30.4 Å². The maximum absolute atomic E-state index is 8.21. The lowest BCUT2D eigenvalue weighted by Gasteiger charge is -2.29. The predicted molar refractivity (Wildman–Crippen MR) is 83.8 cm³/mol. The van der Waals surface area contributed by atoms with Crippen LogP contribution >= 0.6 is 0 Å². The molecule has 0 amide bonds. The fourth-order valence-electron chi connectivity index (χ4n) is 2.55. The van der Waals surface area contributed by atoms with Gasteiger partial charge in [-0.25, -0.2) is 0 Å². The van der Waals surface area contributed by atoms with Gasteiger partial charge in [-0.2, -0.15) is 0 Å². The summed E-state index contributed by atoms with van der Waals surface area (Å²) in [4.78, 5) is 2.13. The first-order valence-corrected chi connectivity index (χ1v) is 6.96. The van der Waals surface area contributed by atoms with E-state index in [1.54, 1.807) is 0 Å². The zero-order valence-electron chi connectivity index (χ0n) is 11.4. The average Bonchev–Trinajstić information content (AvgIpc) is 2.53. The third-order valence-corrected chi connectivity index (χ3v) is 3.70. The van der Waals surface area contributed by atoms with E-state index in [0.717, 1.165) is 25.1 Å². The standard InChI is InChI=1S/C18H18N2/c19-18(11-10-15-6-2-1-3-7-15)20-13-12-16-8-4-5-9-17(16)14-20/h1-11,19H,12-14H2/b11-10+,19-18?. The highest BCUT2D eigenvalue weighted by molar-refractivity contribution is 5.94. The summed E-state index contributed by atoms with van der Waals surface area (Å²) in [6, 6.07) is 18.7. The normalized spacial score (nSPS) is 14.3. The average molecular weight is 262 g/mol. The van der Waals surface area contributed by atoms with Crippen molar-refractivity contribution in [2.75, 3.05) is 6.54 Å². The number of fused-ring (bicyclic) bond motifs is 1. The quantitative estimate of drug-likeness (QED) is 0.648. The first kappa shape index (κ1) is 12.7. The van der Waals surface area contributed by atoms with Gasteiger partial charge in [-0.3, -0.25) is 5.41 Å². The molecule has 2 aromatic rings. The molecule has 100 valence electrons. The number of nitrogens with zero attached hydrogens (tertiary/aromatic N) is 1. The van der Waals surface area contributed by atoms with Gasteiger partial charge in [-0.15, -0.1) is 0 Å². The number of nitrogens with one attached hydrogen (secondary N) is 1. The van der Waals surface area contributed by atoms with Crippen molar-refractivity contribution in [2.45, 2.75) is 13.0 Å². The van der Waals surface area contributed by atoms with Crippen molar-refractivity contribution in [1.29, 1.82) is 5.41 Å². The second kappa shape index (κ2) is 5.74. The van der Waals surface area contributed by atoms with Crippen molar-refractivity contribution in [1.82, 2.24) is 4.90 Å². The van der Waals surface area contributed by atoms with Gasteiger partial charge in [0.15, 0.2) is 0 Å². The molecule has 3 rings (SSSR count). The summed E-state index contributed by atoms with van der Waals surface area (Å²) in [5.41, 5.74) is 3.90. The maximum Gasteiger partial charge on any atom is 0.120 e. The van der Waals surface area contributed by atoms with Crippen LogP contribution in [0.5, 0.6) is 0 Å². The summed E-state index contributed by atoms with van der Waals surface area (Å²) < 4.78 is 0.